The molecule has 1 N–H and O–H groups in total. The average Bonchev–Trinajstić information content (AvgIpc) is 2.47. The second-order valence-electron chi connectivity index (χ2n) is 4.41. The topological polar surface area (TPSA) is 79.0 Å². The third kappa shape index (κ3) is 3.12. The number of benzene rings is 2. The van der Waals surface area contributed by atoms with Crippen molar-refractivity contribution in [1.29, 1.82) is 5.26 Å². The van der Waals surface area contributed by atoms with Crippen LogP contribution in [0.25, 0.3) is 0 Å². The molecule has 0 aliphatic heterocycles. The van der Waals surface area contributed by atoms with E-state index in [9.17, 15) is 10.1 Å². The van der Waals surface area contributed by atoms with E-state index in [1.165, 1.54) is 6.07 Å². The highest BCUT2D eigenvalue weighted by Gasteiger charge is 2.10. The molecule has 0 aliphatic rings. The van der Waals surface area contributed by atoms with Crippen molar-refractivity contribution < 1.29 is 4.92 Å². The largest absolute Gasteiger partial charge is 0.378 e. The first-order chi connectivity index (χ1) is 9.60. The standard InChI is InChI=1S/C15H13N3O2/c1-11(13-5-3-7-15(9-13)18(19)20)17-14-6-2-4-12(8-14)10-16/h2-9,11,17H,1H3. The molecule has 0 aliphatic carbocycles. The quantitative estimate of drug-likeness (QED) is 0.677. The van der Waals surface area contributed by atoms with E-state index >= 15 is 0 Å². The van der Waals surface area contributed by atoms with Crippen molar-refractivity contribution in [3.05, 3.63) is 69.8 Å². The average molecular weight is 267 g/mol. The van der Waals surface area contributed by atoms with Crippen molar-refractivity contribution in [2.45, 2.75) is 13.0 Å². The molecule has 0 amide bonds. The Kier molecular flexibility index (Phi) is 3.96. The second kappa shape index (κ2) is 5.85. The Morgan fingerprint density at radius 1 is 1.25 bits per heavy atom. The van der Waals surface area contributed by atoms with Crippen molar-refractivity contribution >= 4 is 11.4 Å². The number of rotatable bonds is 4. The third-order valence-electron chi connectivity index (χ3n) is 2.96. The number of nitro benzene ring substituents is 1. The Morgan fingerprint density at radius 2 is 2.00 bits per heavy atom. The number of nitro groups is 1. The molecule has 0 bridgehead atoms. The number of nitriles is 1. The molecule has 0 spiro atoms. The van der Waals surface area contributed by atoms with Gasteiger partial charge in [-0.3, -0.25) is 10.1 Å². The van der Waals surface area contributed by atoms with Crippen LogP contribution in [0.15, 0.2) is 48.5 Å². The predicted octanol–water partition coefficient (Wildman–Crippen LogP) is 3.64. The van der Waals surface area contributed by atoms with Gasteiger partial charge in [-0.2, -0.15) is 5.26 Å². The Morgan fingerprint density at radius 3 is 2.70 bits per heavy atom. The van der Waals surface area contributed by atoms with Crippen molar-refractivity contribution in [3.63, 3.8) is 0 Å². The molecule has 2 aromatic carbocycles. The zero-order chi connectivity index (χ0) is 14.5. The lowest BCUT2D eigenvalue weighted by atomic mass is 10.1. The summed E-state index contributed by atoms with van der Waals surface area (Å²) in [6.45, 7) is 1.91. The lowest BCUT2D eigenvalue weighted by molar-refractivity contribution is -0.384. The Labute approximate surface area is 116 Å². The fourth-order valence-corrected chi connectivity index (χ4v) is 1.92. The second-order valence-corrected chi connectivity index (χ2v) is 4.41. The number of non-ortho nitro benzene ring substituents is 1. The van der Waals surface area contributed by atoms with Gasteiger partial charge in [-0.25, -0.2) is 0 Å². The van der Waals surface area contributed by atoms with Gasteiger partial charge in [0.15, 0.2) is 0 Å². The molecule has 100 valence electrons. The van der Waals surface area contributed by atoms with Gasteiger partial charge in [-0.1, -0.05) is 18.2 Å². The lowest BCUT2D eigenvalue weighted by Gasteiger charge is -2.15. The molecule has 0 aromatic heterocycles. The summed E-state index contributed by atoms with van der Waals surface area (Å²) in [6.07, 6.45) is 0. The summed E-state index contributed by atoms with van der Waals surface area (Å²) in [4.78, 5) is 10.4. The van der Waals surface area contributed by atoms with Crippen LogP contribution >= 0.6 is 0 Å². The van der Waals surface area contributed by atoms with E-state index in [-0.39, 0.29) is 11.7 Å². The van der Waals surface area contributed by atoms with Gasteiger partial charge in [0.25, 0.3) is 5.69 Å². The minimum atomic E-state index is -0.410. The maximum Gasteiger partial charge on any atom is 0.269 e. The fourth-order valence-electron chi connectivity index (χ4n) is 1.92. The van der Waals surface area contributed by atoms with E-state index in [1.807, 2.05) is 19.1 Å². The predicted molar refractivity (Wildman–Crippen MR) is 76.3 cm³/mol. The van der Waals surface area contributed by atoms with Crippen LogP contribution in [0.2, 0.25) is 0 Å². The van der Waals surface area contributed by atoms with Crippen LogP contribution in [0.1, 0.15) is 24.1 Å². The molecule has 1 unspecified atom stereocenters. The summed E-state index contributed by atoms with van der Waals surface area (Å²) in [6, 6.07) is 15.6. The molecular formula is C15H13N3O2. The maximum atomic E-state index is 10.8. The van der Waals surface area contributed by atoms with Crippen LogP contribution in [0, 0.1) is 21.4 Å². The SMILES string of the molecule is CC(Nc1cccc(C#N)c1)c1cccc([N+](=O)[O-])c1. The maximum absolute atomic E-state index is 10.8. The number of nitrogens with zero attached hydrogens (tertiary/aromatic N) is 2. The molecule has 0 radical (unpaired) electrons. The first kappa shape index (κ1) is 13.6. The van der Waals surface area contributed by atoms with Crippen molar-refractivity contribution in [1.82, 2.24) is 0 Å². The van der Waals surface area contributed by atoms with Gasteiger partial charge in [0.05, 0.1) is 16.6 Å². The molecule has 0 heterocycles. The highest BCUT2D eigenvalue weighted by atomic mass is 16.6. The van der Waals surface area contributed by atoms with Gasteiger partial charge >= 0.3 is 0 Å². The summed E-state index contributed by atoms with van der Waals surface area (Å²) in [5.41, 5.74) is 2.27. The molecule has 1 atom stereocenters. The minimum absolute atomic E-state index is 0.0712. The van der Waals surface area contributed by atoms with Gasteiger partial charge in [0.1, 0.15) is 0 Å². The molecule has 0 saturated heterocycles. The van der Waals surface area contributed by atoms with Crippen LogP contribution in [0.5, 0.6) is 0 Å². The number of anilines is 1. The monoisotopic (exact) mass is 267 g/mol. The van der Waals surface area contributed by atoms with Gasteiger partial charge < -0.3 is 5.32 Å². The smallest absolute Gasteiger partial charge is 0.269 e. The van der Waals surface area contributed by atoms with Crippen LogP contribution in [0.4, 0.5) is 11.4 Å². The first-order valence-electron chi connectivity index (χ1n) is 6.11. The van der Waals surface area contributed by atoms with E-state index in [0.717, 1.165) is 11.3 Å². The van der Waals surface area contributed by atoms with Crippen LogP contribution < -0.4 is 5.32 Å². The number of hydrogen-bond acceptors (Lipinski definition) is 4. The van der Waals surface area contributed by atoms with Gasteiger partial charge in [0.2, 0.25) is 0 Å². The highest BCUT2D eigenvalue weighted by molar-refractivity contribution is 5.51. The van der Waals surface area contributed by atoms with E-state index < -0.39 is 4.92 Å². The van der Waals surface area contributed by atoms with Crippen LogP contribution in [-0.4, -0.2) is 4.92 Å². The van der Waals surface area contributed by atoms with Gasteiger partial charge in [0, 0.05) is 23.9 Å². The van der Waals surface area contributed by atoms with E-state index in [4.69, 9.17) is 5.26 Å². The summed E-state index contributed by atoms with van der Waals surface area (Å²) in [5.74, 6) is 0. The fraction of sp³-hybridized carbons (Fsp3) is 0.133. The third-order valence-corrected chi connectivity index (χ3v) is 2.96. The van der Waals surface area contributed by atoms with E-state index in [0.29, 0.717) is 5.56 Å². The summed E-state index contributed by atoms with van der Waals surface area (Å²) >= 11 is 0. The van der Waals surface area contributed by atoms with Gasteiger partial charge in [-0.05, 0) is 30.7 Å². The number of nitrogens with one attached hydrogen (secondary N) is 1. The highest BCUT2D eigenvalue weighted by Crippen LogP contribution is 2.23. The molecule has 2 rings (SSSR count). The molecular weight excluding hydrogens is 254 g/mol. The van der Waals surface area contributed by atoms with Crippen LogP contribution in [0.3, 0.4) is 0 Å². The molecule has 20 heavy (non-hydrogen) atoms. The Hall–Kier alpha value is -2.87. The normalized spacial score (nSPS) is 11.4. The summed E-state index contributed by atoms with van der Waals surface area (Å²) in [7, 11) is 0. The van der Waals surface area contributed by atoms with Crippen molar-refractivity contribution in [2.75, 3.05) is 5.32 Å². The molecule has 5 nitrogen and oxygen atoms in total. The zero-order valence-electron chi connectivity index (χ0n) is 10.9. The summed E-state index contributed by atoms with van der Waals surface area (Å²) in [5, 5.41) is 22.8. The minimum Gasteiger partial charge on any atom is -0.378 e. The zero-order valence-corrected chi connectivity index (χ0v) is 10.9. The van der Waals surface area contributed by atoms with Gasteiger partial charge in [-0.15, -0.1) is 0 Å². The Bertz CT molecular complexity index is 677. The van der Waals surface area contributed by atoms with Crippen molar-refractivity contribution in [2.24, 2.45) is 0 Å². The van der Waals surface area contributed by atoms with Crippen molar-refractivity contribution in [3.8, 4) is 6.07 Å². The molecule has 5 heteroatoms. The number of hydrogen-bond donors (Lipinski definition) is 1. The van der Waals surface area contributed by atoms with Crippen LogP contribution in [-0.2, 0) is 0 Å². The summed E-state index contributed by atoms with van der Waals surface area (Å²) < 4.78 is 0. The molecule has 0 saturated carbocycles. The van der Waals surface area contributed by atoms with E-state index in [2.05, 4.69) is 11.4 Å². The lowest BCUT2D eigenvalue weighted by Crippen LogP contribution is -2.07. The Balaban J connectivity index is 2.19. The molecule has 2 aromatic rings. The first-order valence-corrected chi connectivity index (χ1v) is 6.11. The molecule has 0 fully saturated rings. The van der Waals surface area contributed by atoms with E-state index in [1.54, 1.807) is 30.3 Å².